The average Bonchev–Trinajstić information content (AvgIpc) is 2.14. The molecular formula is C8H2Cl2F3NO3. The largest absolute Gasteiger partial charge is 0.416 e. The van der Waals surface area contributed by atoms with Gasteiger partial charge in [0.15, 0.2) is 0 Å². The number of carbonyl (C=O) groups excluding carboxylic acids is 1. The van der Waals surface area contributed by atoms with Crippen LogP contribution in [0.4, 0.5) is 18.9 Å². The highest BCUT2D eigenvalue weighted by Gasteiger charge is 2.35. The Morgan fingerprint density at radius 2 is 1.88 bits per heavy atom. The lowest BCUT2D eigenvalue weighted by Crippen LogP contribution is -2.08. The lowest BCUT2D eigenvalue weighted by molar-refractivity contribution is -0.385. The molecule has 9 heteroatoms. The average molecular weight is 288 g/mol. The fourth-order valence-electron chi connectivity index (χ4n) is 1.05. The number of carbonyl (C=O) groups is 1. The Morgan fingerprint density at radius 1 is 1.35 bits per heavy atom. The lowest BCUT2D eigenvalue weighted by Gasteiger charge is -2.08. The number of hydrogen-bond donors (Lipinski definition) is 0. The van der Waals surface area contributed by atoms with Gasteiger partial charge in [-0.15, -0.1) is 0 Å². The van der Waals surface area contributed by atoms with E-state index in [-0.39, 0.29) is 6.07 Å². The summed E-state index contributed by atoms with van der Waals surface area (Å²) in [6.45, 7) is 0. The summed E-state index contributed by atoms with van der Waals surface area (Å²) in [5.74, 6) is 0. The van der Waals surface area contributed by atoms with Crippen LogP contribution in [0.25, 0.3) is 0 Å². The van der Waals surface area contributed by atoms with E-state index in [1.165, 1.54) is 0 Å². The van der Waals surface area contributed by atoms with E-state index in [2.05, 4.69) is 0 Å². The second-order valence-corrected chi connectivity index (χ2v) is 3.61. The fourth-order valence-corrected chi connectivity index (χ4v) is 1.51. The Balaban J connectivity index is 3.59. The van der Waals surface area contributed by atoms with Crippen molar-refractivity contribution in [1.29, 1.82) is 0 Å². The summed E-state index contributed by atoms with van der Waals surface area (Å²) < 4.78 is 37.2. The summed E-state index contributed by atoms with van der Waals surface area (Å²) in [5.41, 5.74) is -3.14. The van der Waals surface area contributed by atoms with Crippen molar-refractivity contribution in [2.75, 3.05) is 0 Å². The molecule has 0 saturated carbocycles. The van der Waals surface area contributed by atoms with E-state index in [1.807, 2.05) is 0 Å². The molecule has 1 rings (SSSR count). The molecule has 17 heavy (non-hydrogen) atoms. The number of benzene rings is 1. The first-order valence-electron chi connectivity index (χ1n) is 3.89. The second-order valence-electron chi connectivity index (χ2n) is 2.89. The van der Waals surface area contributed by atoms with Crippen molar-refractivity contribution in [3.05, 3.63) is 38.4 Å². The van der Waals surface area contributed by atoms with E-state index in [1.54, 1.807) is 0 Å². The molecule has 0 heterocycles. The first kappa shape index (κ1) is 13.7. The highest BCUT2D eigenvalue weighted by molar-refractivity contribution is 6.68. The van der Waals surface area contributed by atoms with E-state index in [9.17, 15) is 28.1 Å². The zero-order valence-electron chi connectivity index (χ0n) is 7.72. The van der Waals surface area contributed by atoms with Gasteiger partial charge in [-0.1, -0.05) is 11.6 Å². The normalized spacial score (nSPS) is 11.4. The van der Waals surface area contributed by atoms with Gasteiger partial charge in [0, 0.05) is 6.07 Å². The van der Waals surface area contributed by atoms with Crippen LogP contribution in [-0.2, 0) is 6.18 Å². The molecule has 0 atom stereocenters. The van der Waals surface area contributed by atoms with Crippen molar-refractivity contribution in [3.63, 3.8) is 0 Å². The van der Waals surface area contributed by atoms with Gasteiger partial charge in [-0.05, 0) is 17.7 Å². The van der Waals surface area contributed by atoms with Crippen molar-refractivity contribution < 1.29 is 22.9 Å². The Kier molecular flexibility index (Phi) is 3.63. The first-order chi connectivity index (χ1) is 7.64. The van der Waals surface area contributed by atoms with Gasteiger partial charge in [0.25, 0.3) is 10.9 Å². The molecule has 0 saturated heterocycles. The van der Waals surface area contributed by atoms with Gasteiger partial charge in [-0.2, -0.15) is 13.2 Å². The van der Waals surface area contributed by atoms with Gasteiger partial charge in [0.2, 0.25) is 0 Å². The van der Waals surface area contributed by atoms with Crippen LogP contribution in [0, 0.1) is 10.1 Å². The molecule has 0 aliphatic carbocycles. The number of nitrogens with zero attached hydrogens (tertiary/aromatic N) is 1. The maximum atomic E-state index is 12.4. The minimum Gasteiger partial charge on any atom is -0.276 e. The topological polar surface area (TPSA) is 60.2 Å². The number of alkyl halides is 3. The van der Waals surface area contributed by atoms with Crippen molar-refractivity contribution in [2.45, 2.75) is 6.18 Å². The third-order valence-corrected chi connectivity index (χ3v) is 2.39. The summed E-state index contributed by atoms with van der Waals surface area (Å²) >= 11 is 10.4. The van der Waals surface area contributed by atoms with Crippen LogP contribution in [0.5, 0.6) is 0 Å². The Labute approximate surface area is 102 Å². The Bertz CT molecular complexity index is 466. The SMILES string of the molecule is O=C(Cl)c1cc(C(F)(F)F)cc([N+](=O)[O-])c1Cl. The first-order valence-corrected chi connectivity index (χ1v) is 4.65. The molecule has 0 aliphatic heterocycles. The van der Waals surface area contributed by atoms with Gasteiger partial charge in [-0.3, -0.25) is 14.9 Å². The zero-order chi connectivity index (χ0) is 13.4. The van der Waals surface area contributed by atoms with Crippen LogP contribution in [0.2, 0.25) is 5.02 Å². The van der Waals surface area contributed by atoms with Gasteiger partial charge >= 0.3 is 6.18 Å². The molecule has 0 N–H and O–H groups in total. The molecule has 0 bridgehead atoms. The highest BCUT2D eigenvalue weighted by Crippen LogP contribution is 2.37. The van der Waals surface area contributed by atoms with Gasteiger partial charge in [0.1, 0.15) is 5.02 Å². The smallest absolute Gasteiger partial charge is 0.276 e. The second kappa shape index (κ2) is 4.50. The Hall–Kier alpha value is -1.34. The van der Waals surface area contributed by atoms with E-state index in [0.29, 0.717) is 6.07 Å². The molecule has 92 valence electrons. The van der Waals surface area contributed by atoms with Crippen molar-refractivity contribution in [3.8, 4) is 0 Å². The molecule has 4 nitrogen and oxygen atoms in total. The maximum Gasteiger partial charge on any atom is 0.416 e. The third kappa shape index (κ3) is 2.86. The number of halogens is 5. The van der Waals surface area contributed by atoms with Crippen molar-refractivity contribution in [1.82, 2.24) is 0 Å². The van der Waals surface area contributed by atoms with Crippen molar-refractivity contribution in [2.24, 2.45) is 0 Å². The molecule has 1 aromatic rings. The minimum atomic E-state index is -4.84. The maximum absolute atomic E-state index is 12.4. The van der Waals surface area contributed by atoms with Crippen LogP contribution in [0.3, 0.4) is 0 Å². The molecule has 0 amide bonds. The zero-order valence-corrected chi connectivity index (χ0v) is 9.23. The van der Waals surface area contributed by atoms with Gasteiger partial charge in [0.05, 0.1) is 16.1 Å². The van der Waals surface area contributed by atoms with Crippen LogP contribution < -0.4 is 0 Å². The van der Waals surface area contributed by atoms with E-state index >= 15 is 0 Å². The summed E-state index contributed by atoms with van der Waals surface area (Å²) in [7, 11) is 0. The number of rotatable bonds is 2. The molecule has 0 fully saturated rings. The third-order valence-electron chi connectivity index (χ3n) is 1.79. The van der Waals surface area contributed by atoms with Crippen LogP contribution in [0.15, 0.2) is 12.1 Å². The molecule has 0 radical (unpaired) electrons. The lowest BCUT2D eigenvalue weighted by atomic mass is 10.1. The van der Waals surface area contributed by atoms with E-state index in [0.717, 1.165) is 0 Å². The van der Waals surface area contributed by atoms with Gasteiger partial charge < -0.3 is 0 Å². The Morgan fingerprint density at radius 3 is 2.24 bits per heavy atom. The van der Waals surface area contributed by atoms with E-state index in [4.69, 9.17) is 23.2 Å². The highest BCUT2D eigenvalue weighted by atomic mass is 35.5. The quantitative estimate of drug-likeness (QED) is 0.474. The van der Waals surface area contributed by atoms with Gasteiger partial charge in [-0.25, -0.2) is 0 Å². The molecule has 0 aliphatic rings. The predicted molar refractivity (Wildman–Crippen MR) is 53.3 cm³/mol. The monoisotopic (exact) mass is 287 g/mol. The molecular weight excluding hydrogens is 286 g/mol. The van der Waals surface area contributed by atoms with Crippen molar-refractivity contribution >= 4 is 34.1 Å². The molecule has 0 spiro atoms. The standard InChI is InChI=1S/C8H2Cl2F3NO3/c9-6-4(7(10)15)1-3(8(11,12)13)2-5(6)14(16)17/h1-2H. The fraction of sp³-hybridized carbons (Fsp3) is 0.125. The molecule has 0 unspecified atom stereocenters. The van der Waals surface area contributed by atoms with Crippen LogP contribution in [0.1, 0.15) is 15.9 Å². The summed E-state index contributed by atoms with van der Waals surface area (Å²) in [6.07, 6.45) is -4.84. The number of hydrogen-bond acceptors (Lipinski definition) is 3. The molecule has 0 aromatic heterocycles. The predicted octanol–water partition coefficient (Wildman–Crippen LogP) is 3.65. The summed E-state index contributed by atoms with van der Waals surface area (Å²) in [6, 6.07) is 0.607. The number of nitro benzene ring substituents is 1. The summed E-state index contributed by atoms with van der Waals surface area (Å²) in [4.78, 5) is 20.2. The molecule has 1 aromatic carbocycles. The van der Waals surface area contributed by atoms with Crippen LogP contribution >= 0.6 is 23.2 Å². The minimum absolute atomic E-state index is 0.242. The number of nitro groups is 1. The van der Waals surface area contributed by atoms with E-state index < -0.39 is 38.2 Å². The summed E-state index contributed by atoms with van der Waals surface area (Å²) in [5, 5.41) is 8.45. The van der Waals surface area contributed by atoms with Crippen LogP contribution in [-0.4, -0.2) is 10.2 Å².